The second kappa shape index (κ2) is 6.24. The first-order valence-corrected chi connectivity index (χ1v) is 7.31. The molecule has 0 amide bonds. The number of anilines is 1. The number of benzene rings is 1. The van der Waals surface area contributed by atoms with E-state index in [4.69, 9.17) is 4.74 Å². The van der Waals surface area contributed by atoms with Crippen LogP contribution in [0.15, 0.2) is 18.2 Å². The Bertz CT molecular complexity index is 560. The number of rotatable bonds is 5. The van der Waals surface area contributed by atoms with Gasteiger partial charge in [-0.1, -0.05) is 6.07 Å². The lowest BCUT2D eigenvalue weighted by molar-refractivity contribution is 0.0378. The van der Waals surface area contributed by atoms with Gasteiger partial charge in [0.25, 0.3) is 0 Å². The summed E-state index contributed by atoms with van der Waals surface area (Å²) in [7, 11) is 0. The number of fused-ring (bicyclic) bond motifs is 1. The summed E-state index contributed by atoms with van der Waals surface area (Å²) in [5, 5.41) is 3.37. The molecular formula is C15H22N4O. The number of imidazole rings is 1. The summed E-state index contributed by atoms with van der Waals surface area (Å²) in [4.78, 5) is 10.3. The minimum Gasteiger partial charge on any atom is -0.379 e. The van der Waals surface area contributed by atoms with Crippen LogP contribution in [0.3, 0.4) is 0 Å². The van der Waals surface area contributed by atoms with Crippen molar-refractivity contribution in [3.63, 3.8) is 0 Å². The van der Waals surface area contributed by atoms with E-state index in [1.165, 1.54) is 5.56 Å². The van der Waals surface area contributed by atoms with Crippen LogP contribution in [0.1, 0.15) is 12.0 Å². The van der Waals surface area contributed by atoms with Crippen LogP contribution < -0.4 is 5.32 Å². The van der Waals surface area contributed by atoms with Gasteiger partial charge in [0, 0.05) is 19.6 Å². The molecule has 2 N–H and O–H groups in total. The molecular weight excluding hydrogens is 252 g/mol. The number of aromatic amines is 1. The molecule has 2 aromatic rings. The smallest absolute Gasteiger partial charge is 0.201 e. The highest BCUT2D eigenvalue weighted by Crippen LogP contribution is 2.15. The molecule has 108 valence electrons. The number of aryl methyl sites for hydroxylation is 1. The minimum atomic E-state index is 0.868. The van der Waals surface area contributed by atoms with Crippen LogP contribution in [-0.2, 0) is 4.74 Å². The molecule has 0 aliphatic carbocycles. The van der Waals surface area contributed by atoms with Crippen LogP contribution in [0.4, 0.5) is 5.95 Å². The number of nitrogens with one attached hydrogen (secondary N) is 2. The number of H-pyrrole nitrogens is 1. The summed E-state index contributed by atoms with van der Waals surface area (Å²) in [6.45, 7) is 8.02. The summed E-state index contributed by atoms with van der Waals surface area (Å²) in [6, 6.07) is 6.27. The third-order valence-corrected chi connectivity index (χ3v) is 3.68. The summed E-state index contributed by atoms with van der Waals surface area (Å²) >= 11 is 0. The Balaban J connectivity index is 1.47. The Labute approximate surface area is 119 Å². The summed E-state index contributed by atoms with van der Waals surface area (Å²) in [5.41, 5.74) is 3.37. The van der Waals surface area contributed by atoms with Crippen molar-refractivity contribution in [3.05, 3.63) is 23.8 Å². The highest BCUT2D eigenvalue weighted by Gasteiger charge is 2.09. The second-order valence-corrected chi connectivity index (χ2v) is 5.34. The topological polar surface area (TPSA) is 53.2 Å². The fourth-order valence-electron chi connectivity index (χ4n) is 2.54. The van der Waals surface area contributed by atoms with Crippen molar-refractivity contribution < 1.29 is 4.74 Å². The monoisotopic (exact) mass is 274 g/mol. The molecule has 5 heteroatoms. The Hall–Kier alpha value is -1.59. The van der Waals surface area contributed by atoms with Gasteiger partial charge >= 0.3 is 0 Å². The van der Waals surface area contributed by atoms with E-state index in [1.807, 2.05) is 0 Å². The summed E-state index contributed by atoms with van der Waals surface area (Å²) in [5.74, 6) is 0.868. The summed E-state index contributed by atoms with van der Waals surface area (Å²) < 4.78 is 5.35. The van der Waals surface area contributed by atoms with Crippen molar-refractivity contribution in [3.8, 4) is 0 Å². The van der Waals surface area contributed by atoms with Crippen molar-refractivity contribution in [2.24, 2.45) is 0 Å². The van der Waals surface area contributed by atoms with E-state index in [-0.39, 0.29) is 0 Å². The third-order valence-electron chi connectivity index (χ3n) is 3.68. The number of hydrogen-bond acceptors (Lipinski definition) is 4. The Morgan fingerprint density at radius 1 is 1.35 bits per heavy atom. The van der Waals surface area contributed by atoms with Gasteiger partial charge in [0.1, 0.15) is 0 Å². The van der Waals surface area contributed by atoms with E-state index < -0.39 is 0 Å². The quantitative estimate of drug-likeness (QED) is 0.819. The largest absolute Gasteiger partial charge is 0.379 e. The lowest BCUT2D eigenvalue weighted by atomic mass is 10.2. The number of hydrogen-bond donors (Lipinski definition) is 2. The van der Waals surface area contributed by atoms with Crippen molar-refractivity contribution in [2.75, 3.05) is 44.7 Å². The molecule has 1 aromatic carbocycles. The SMILES string of the molecule is Cc1ccc2nc(NCCCN3CCOCC3)[nH]c2c1. The van der Waals surface area contributed by atoms with Crippen LogP contribution >= 0.6 is 0 Å². The fourth-order valence-corrected chi connectivity index (χ4v) is 2.54. The van der Waals surface area contributed by atoms with Gasteiger partial charge in [0.05, 0.1) is 24.2 Å². The third kappa shape index (κ3) is 3.29. The zero-order chi connectivity index (χ0) is 13.8. The predicted octanol–water partition coefficient (Wildman–Crippen LogP) is 2.01. The first-order chi connectivity index (χ1) is 9.81. The second-order valence-electron chi connectivity index (χ2n) is 5.34. The molecule has 0 radical (unpaired) electrons. The fraction of sp³-hybridized carbons (Fsp3) is 0.533. The maximum absolute atomic E-state index is 5.35. The van der Waals surface area contributed by atoms with Crippen LogP contribution in [0, 0.1) is 6.92 Å². The lowest BCUT2D eigenvalue weighted by Gasteiger charge is -2.26. The molecule has 5 nitrogen and oxygen atoms in total. The molecule has 1 aliphatic rings. The zero-order valence-corrected chi connectivity index (χ0v) is 12.0. The van der Waals surface area contributed by atoms with Gasteiger partial charge in [0.2, 0.25) is 5.95 Å². The maximum Gasteiger partial charge on any atom is 0.201 e. The summed E-state index contributed by atoms with van der Waals surface area (Å²) in [6.07, 6.45) is 1.12. The molecule has 1 aliphatic heterocycles. The zero-order valence-electron chi connectivity index (χ0n) is 12.0. The van der Waals surface area contributed by atoms with Gasteiger partial charge in [-0.2, -0.15) is 0 Å². The van der Waals surface area contributed by atoms with Gasteiger partial charge in [-0.05, 0) is 37.6 Å². The molecule has 2 heterocycles. The highest BCUT2D eigenvalue weighted by molar-refractivity contribution is 5.78. The molecule has 0 unspecified atom stereocenters. The standard InChI is InChI=1S/C15H22N4O/c1-12-3-4-13-14(11-12)18-15(17-13)16-5-2-6-19-7-9-20-10-8-19/h3-4,11H,2,5-10H2,1H3,(H2,16,17,18). The minimum absolute atomic E-state index is 0.868. The van der Waals surface area contributed by atoms with Gasteiger partial charge < -0.3 is 15.0 Å². The molecule has 0 bridgehead atoms. The van der Waals surface area contributed by atoms with Crippen LogP contribution in [0.5, 0.6) is 0 Å². The van der Waals surface area contributed by atoms with Gasteiger partial charge in [-0.15, -0.1) is 0 Å². The molecule has 0 saturated carbocycles. The van der Waals surface area contributed by atoms with Crippen LogP contribution in [0.2, 0.25) is 0 Å². The van der Waals surface area contributed by atoms with Crippen molar-refractivity contribution in [1.82, 2.24) is 14.9 Å². The molecule has 3 rings (SSSR count). The van der Waals surface area contributed by atoms with Crippen molar-refractivity contribution in [1.29, 1.82) is 0 Å². The molecule has 1 saturated heterocycles. The van der Waals surface area contributed by atoms with Gasteiger partial charge in [0.15, 0.2) is 0 Å². The van der Waals surface area contributed by atoms with E-state index in [2.05, 4.69) is 45.3 Å². The molecule has 1 aromatic heterocycles. The Morgan fingerprint density at radius 2 is 2.20 bits per heavy atom. The van der Waals surface area contributed by atoms with E-state index in [9.17, 15) is 0 Å². The highest BCUT2D eigenvalue weighted by atomic mass is 16.5. The normalized spacial score (nSPS) is 16.6. The average molecular weight is 274 g/mol. The van der Waals surface area contributed by atoms with E-state index >= 15 is 0 Å². The van der Waals surface area contributed by atoms with Gasteiger partial charge in [-0.25, -0.2) is 4.98 Å². The Morgan fingerprint density at radius 3 is 3.05 bits per heavy atom. The van der Waals surface area contributed by atoms with Crippen molar-refractivity contribution in [2.45, 2.75) is 13.3 Å². The lowest BCUT2D eigenvalue weighted by Crippen LogP contribution is -2.37. The maximum atomic E-state index is 5.35. The van der Waals surface area contributed by atoms with Crippen molar-refractivity contribution >= 4 is 17.0 Å². The molecule has 20 heavy (non-hydrogen) atoms. The average Bonchev–Trinajstić information content (AvgIpc) is 2.86. The first-order valence-electron chi connectivity index (χ1n) is 7.31. The van der Waals surface area contributed by atoms with Crippen LogP contribution in [-0.4, -0.2) is 54.3 Å². The van der Waals surface area contributed by atoms with Crippen LogP contribution in [0.25, 0.3) is 11.0 Å². The molecule has 0 atom stereocenters. The molecule has 0 spiro atoms. The number of nitrogens with zero attached hydrogens (tertiary/aromatic N) is 2. The predicted molar refractivity (Wildman–Crippen MR) is 81.2 cm³/mol. The van der Waals surface area contributed by atoms with E-state index in [0.29, 0.717) is 0 Å². The first kappa shape index (κ1) is 13.4. The molecule has 1 fully saturated rings. The number of aromatic nitrogens is 2. The van der Waals surface area contributed by atoms with Gasteiger partial charge in [-0.3, -0.25) is 4.90 Å². The number of ether oxygens (including phenoxy) is 1. The number of morpholine rings is 1. The van der Waals surface area contributed by atoms with E-state index in [0.717, 1.165) is 62.8 Å². The van der Waals surface area contributed by atoms with E-state index in [1.54, 1.807) is 0 Å². The Kier molecular flexibility index (Phi) is 4.18.